The van der Waals surface area contributed by atoms with Gasteiger partial charge in [0.05, 0.1) is 38.3 Å². The zero-order valence-electron chi connectivity index (χ0n) is 15.2. The molecule has 140 valence electrons. The molecule has 8 heteroatoms. The van der Waals surface area contributed by atoms with Crippen LogP contribution >= 0.6 is 11.8 Å². The van der Waals surface area contributed by atoms with Crippen molar-refractivity contribution < 1.29 is 19.0 Å². The Balaban J connectivity index is 1.79. The van der Waals surface area contributed by atoms with Gasteiger partial charge in [-0.25, -0.2) is 0 Å². The van der Waals surface area contributed by atoms with E-state index in [0.29, 0.717) is 28.0 Å². The Kier molecular flexibility index (Phi) is 5.97. The zero-order valence-corrected chi connectivity index (χ0v) is 16.0. The molecule has 27 heavy (non-hydrogen) atoms. The average Bonchev–Trinajstić information content (AvgIpc) is 3.19. The number of para-hydroxylation sites is 2. The van der Waals surface area contributed by atoms with E-state index in [1.807, 2.05) is 24.3 Å². The Morgan fingerprint density at radius 3 is 2.56 bits per heavy atom. The van der Waals surface area contributed by atoms with Crippen molar-refractivity contribution >= 4 is 17.5 Å². The van der Waals surface area contributed by atoms with Gasteiger partial charge in [-0.1, -0.05) is 23.9 Å². The van der Waals surface area contributed by atoms with Crippen LogP contribution in [0.15, 0.2) is 53.9 Å². The summed E-state index contributed by atoms with van der Waals surface area (Å²) < 4.78 is 17.7. The van der Waals surface area contributed by atoms with Crippen LogP contribution in [0.25, 0.3) is 5.69 Å². The minimum atomic E-state index is -0.0749. The number of ketones is 1. The molecule has 0 radical (unpaired) electrons. The molecule has 0 atom stereocenters. The molecule has 3 rings (SSSR count). The molecule has 3 aromatic rings. The van der Waals surface area contributed by atoms with Crippen molar-refractivity contribution in [1.29, 1.82) is 0 Å². The number of nitrogens with zero attached hydrogens (tertiary/aromatic N) is 3. The Morgan fingerprint density at radius 1 is 1.04 bits per heavy atom. The van der Waals surface area contributed by atoms with Crippen LogP contribution in [-0.2, 0) is 0 Å². The standard InChI is InChI=1S/C19H19N3O4S/c1-24-13-8-9-14(18(10-13)26-3)16(23)11-27-19-21-20-12-22(19)15-6-4-5-7-17(15)25-2/h4-10,12H,11H2,1-3H3. The summed E-state index contributed by atoms with van der Waals surface area (Å²) in [6.45, 7) is 0. The molecule has 0 aliphatic carbocycles. The van der Waals surface area contributed by atoms with E-state index in [-0.39, 0.29) is 11.5 Å². The molecular formula is C19H19N3O4S. The molecule has 0 aliphatic heterocycles. The lowest BCUT2D eigenvalue weighted by Gasteiger charge is -2.11. The van der Waals surface area contributed by atoms with Crippen molar-refractivity contribution in [3.05, 3.63) is 54.4 Å². The van der Waals surface area contributed by atoms with Gasteiger partial charge in [-0.3, -0.25) is 9.36 Å². The summed E-state index contributed by atoms with van der Waals surface area (Å²) >= 11 is 1.30. The van der Waals surface area contributed by atoms with Crippen molar-refractivity contribution in [2.45, 2.75) is 5.16 Å². The highest BCUT2D eigenvalue weighted by Gasteiger charge is 2.17. The minimum absolute atomic E-state index is 0.0749. The second-order valence-electron chi connectivity index (χ2n) is 5.43. The molecule has 0 bridgehead atoms. The van der Waals surface area contributed by atoms with Gasteiger partial charge >= 0.3 is 0 Å². The summed E-state index contributed by atoms with van der Waals surface area (Å²) in [7, 11) is 4.70. The van der Waals surface area contributed by atoms with Gasteiger partial charge in [0.1, 0.15) is 23.6 Å². The lowest BCUT2D eigenvalue weighted by molar-refractivity contribution is 0.101. The first-order chi connectivity index (χ1) is 13.2. The van der Waals surface area contributed by atoms with Crippen molar-refractivity contribution in [3.63, 3.8) is 0 Å². The summed E-state index contributed by atoms with van der Waals surface area (Å²) in [6, 6.07) is 12.7. The molecule has 0 amide bonds. The van der Waals surface area contributed by atoms with Crippen molar-refractivity contribution in [2.24, 2.45) is 0 Å². The number of carbonyl (C=O) groups is 1. The highest BCUT2D eigenvalue weighted by Crippen LogP contribution is 2.29. The van der Waals surface area contributed by atoms with Crippen LogP contribution in [0.5, 0.6) is 17.2 Å². The quantitative estimate of drug-likeness (QED) is 0.435. The van der Waals surface area contributed by atoms with E-state index in [1.54, 1.807) is 43.3 Å². The van der Waals surface area contributed by atoms with E-state index in [9.17, 15) is 4.79 Å². The Morgan fingerprint density at radius 2 is 1.81 bits per heavy atom. The molecule has 0 unspecified atom stereocenters. The van der Waals surface area contributed by atoms with Crippen LogP contribution in [0.1, 0.15) is 10.4 Å². The molecule has 1 aromatic heterocycles. The van der Waals surface area contributed by atoms with Crippen molar-refractivity contribution in [3.8, 4) is 22.9 Å². The number of ether oxygens (including phenoxy) is 3. The molecule has 1 heterocycles. The number of Topliss-reactive ketones (excluding diaryl/α,β-unsaturated/α-hetero) is 1. The van der Waals surface area contributed by atoms with Crippen LogP contribution in [0.2, 0.25) is 0 Å². The molecule has 0 saturated carbocycles. The van der Waals surface area contributed by atoms with E-state index in [4.69, 9.17) is 14.2 Å². The second-order valence-corrected chi connectivity index (χ2v) is 6.38. The predicted octanol–water partition coefficient (Wildman–Crippen LogP) is 3.27. The van der Waals surface area contributed by atoms with E-state index < -0.39 is 0 Å². The number of rotatable bonds is 8. The van der Waals surface area contributed by atoms with Crippen molar-refractivity contribution in [2.75, 3.05) is 27.1 Å². The fourth-order valence-corrected chi connectivity index (χ4v) is 3.36. The van der Waals surface area contributed by atoms with Gasteiger partial charge in [-0.2, -0.15) is 0 Å². The third-order valence-electron chi connectivity index (χ3n) is 3.90. The molecule has 2 aromatic carbocycles. The normalized spacial score (nSPS) is 10.5. The molecule has 0 aliphatic rings. The highest BCUT2D eigenvalue weighted by atomic mass is 32.2. The van der Waals surface area contributed by atoms with Crippen LogP contribution in [0.3, 0.4) is 0 Å². The Labute approximate surface area is 161 Å². The van der Waals surface area contributed by atoms with Gasteiger partial charge in [0, 0.05) is 6.07 Å². The third kappa shape index (κ3) is 4.06. The molecule has 0 saturated heterocycles. The number of benzene rings is 2. The third-order valence-corrected chi connectivity index (χ3v) is 4.85. The lowest BCUT2D eigenvalue weighted by Crippen LogP contribution is -2.06. The summed E-state index contributed by atoms with van der Waals surface area (Å²) in [5, 5.41) is 8.68. The smallest absolute Gasteiger partial charge is 0.196 e. The predicted molar refractivity (Wildman–Crippen MR) is 103 cm³/mol. The number of methoxy groups -OCH3 is 3. The molecule has 0 fully saturated rings. The minimum Gasteiger partial charge on any atom is -0.497 e. The lowest BCUT2D eigenvalue weighted by atomic mass is 10.1. The fourth-order valence-electron chi connectivity index (χ4n) is 2.55. The van der Waals surface area contributed by atoms with Crippen LogP contribution in [-0.4, -0.2) is 47.6 Å². The SMILES string of the molecule is COc1ccc(C(=O)CSc2nncn2-c2ccccc2OC)c(OC)c1. The summed E-state index contributed by atoms with van der Waals surface area (Å²) in [5.74, 6) is 1.92. The highest BCUT2D eigenvalue weighted by molar-refractivity contribution is 7.99. The monoisotopic (exact) mass is 385 g/mol. The maximum absolute atomic E-state index is 12.7. The first-order valence-corrected chi connectivity index (χ1v) is 9.08. The van der Waals surface area contributed by atoms with E-state index in [0.717, 1.165) is 5.69 Å². The van der Waals surface area contributed by atoms with Gasteiger partial charge < -0.3 is 14.2 Å². The molecular weight excluding hydrogens is 366 g/mol. The van der Waals surface area contributed by atoms with Gasteiger partial charge in [-0.15, -0.1) is 10.2 Å². The van der Waals surface area contributed by atoms with E-state index >= 15 is 0 Å². The van der Waals surface area contributed by atoms with Crippen molar-refractivity contribution in [1.82, 2.24) is 14.8 Å². The van der Waals surface area contributed by atoms with E-state index in [1.165, 1.54) is 18.9 Å². The first-order valence-electron chi connectivity index (χ1n) is 8.09. The summed E-state index contributed by atoms with van der Waals surface area (Å²) in [6.07, 6.45) is 1.60. The Hall–Kier alpha value is -3.00. The fraction of sp³-hybridized carbons (Fsp3) is 0.211. The number of aromatic nitrogens is 3. The first kappa shape index (κ1) is 18.8. The van der Waals surface area contributed by atoms with Gasteiger partial charge in [-0.05, 0) is 24.3 Å². The second kappa shape index (κ2) is 8.59. The zero-order chi connectivity index (χ0) is 19.2. The number of hydrogen-bond acceptors (Lipinski definition) is 7. The summed E-state index contributed by atoms with van der Waals surface area (Å²) in [4.78, 5) is 12.7. The number of hydrogen-bond donors (Lipinski definition) is 0. The van der Waals surface area contributed by atoms with Gasteiger partial charge in [0.25, 0.3) is 0 Å². The van der Waals surface area contributed by atoms with Crippen LogP contribution in [0, 0.1) is 0 Å². The Bertz CT molecular complexity index is 942. The van der Waals surface area contributed by atoms with Gasteiger partial charge in [0.2, 0.25) is 0 Å². The average molecular weight is 385 g/mol. The largest absolute Gasteiger partial charge is 0.497 e. The van der Waals surface area contributed by atoms with Gasteiger partial charge in [0.15, 0.2) is 10.9 Å². The summed E-state index contributed by atoms with van der Waals surface area (Å²) in [5.41, 5.74) is 1.30. The number of thioether (sulfide) groups is 1. The van der Waals surface area contributed by atoms with E-state index in [2.05, 4.69) is 10.2 Å². The molecule has 0 spiro atoms. The maximum atomic E-state index is 12.7. The number of carbonyl (C=O) groups excluding carboxylic acids is 1. The molecule has 7 nitrogen and oxygen atoms in total. The maximum Gasteiger partial charge on any atom is 0.196 e. The topological polar surface area (TPSA) is 75.5 Å². The molecule has 0 N–H and O–H groups in total. The van der Waals surface area contributed by atoms with Crippen LogP contribution in [0.4, 0.5) is 0 Å². The van der Waals surface area contributed by atoms with Crippen LogP contribution < -0.4 is 14.2 Å².